The average molecular weight is 191 g/mol. The third-order valence-corrected chi connectivity index (χ3v) is 2.04. The molecule has 0 spiro atoms. The fourth-order valence-corrected chi connectivity index (χ4v) is 1.25. The van der Waals surface area contributed by atoms with Crippen molar-refractivity contribution in [2.24, 2.45) is 0 Å². The average Bonchev–Trinajstić information content (AvgIpc) is 2.67. The first-order valence-corrected chi connectivity index (χ1v) is 5.11. The molecule has 76 valence electrons. The van der Waals surface area contributed by atoms with Gasteiger partial charge in [-0.25, -0.2) is 0 Å². The highest BCUT2D eigenvalue weighted by Crippen LogP contribution is 2.20. The van der Waals surface area contributed by atoms with Gasteiger partial charge in [-0.15, -0.1) is 0 Å². The molecule has 0 fully saturated rings. The molecule has 0 aliphatic heterocycles. The summed E-state index contributed by atoms with van der Waals surface area (Å²) in [5.41, 5.74) is 2.19. The molecular formula is C12H17NO. The van der Waals surface area contributed by atoms with E-state index in [1.54, 1.807) is 6.20 Å². The predicted octanol–water partition coefficient (Wildman–Crippen LogP) is 3.98. The molecule has 0 saturated carbocycles. The molecule has 2 heteroatoms. The molecule has 0 N–H and O–H groups in total. The lowest BCUT2D eigenvalue weighted by Gasteiger charge is -2.02. The van der Waals surface area contributed by atoms with Crippen molar-refractivity contribution in [1.29, 1.82) is 0 Å². The van der Waals surface area contributed by atoms with Crippen LogP contribution >= 0.6 is 0 Å². The van der Waals surface area contributed by atoms with Crippen molar-refractivity contribution in [2.75, 3.05) is 0 Å². The highest BCUT2D eigenvalue weighted by atomic mass is 16.5. The molecule has 0 radical (unpaired) electrons. The standard InChI is InChI=1S/C10H11NO.C2H6/c1-7(2)8-3-4-10-9(5-8)6-11-12-10;1-2/h3-7H,1-2H3;1-2H3. The second-order valence-corrected chi connectivity index (χ2v) is 3.28. The van der Waals surface area contributed by atoms with E-state index in [4.69, 9.17) is 4.52 Å². The second-order valence-electron chi connectivity index (χ2n) is 3.28. The van der Waals surface area contributed by atoms with Gasteiger partial charge in [0.2, 0.25) is 0 Å². The van der Waals surface area contributed by atoms with Gasteiger partial charge >= 0.3 is 0 Å². The Morgan fingerprint density at radius 1 is 1.21 bits per heavy atom. The highest BCUT2D eigenvalue weighted by molar-refractivity contribution is 5.76. The minimum atomic E-state index is 0.560. The quantitative estimate of drug-likeness (QED) is 0.681. The van der Waals surface area contributed by atoms with E-state index in [1.807, 2.05) is 19.9 Å². The first kappa shape index (κ1) is 10.8. The van der Waals surface area contributed by atoms with Crippen molar-refractivity contribution in [3.05, 3.63) is 30.0 Å². The predicted molar refractivity (Wildman–Crippen MR) is 59.4 cm³/mol. The van der Waals surface area contributed by atoms with Gasteiger partial charge in [-0.05, 0) is 23.6 Å². The Morgan fingerprint density at radius 3 is 2.57 bits per heavy atom. The second kappa shape index (κ2) is 4.80. The molecule has 0 aliphatic rings. The molecule has 1 heterocycles. The lowest BCUT2D eigenvalue weighted by Crippen LogP contribution is -1.84. The van der Waals surface area contributed by atoms with Gasteiger partial charge in [0.1, 0.15) is 0 Å². The van der Waals surface area contributed by atoms with Gasteiger partial charge in [0.15, 0.2) is 5.58 Å². The Morgan fingerprint density at radius 2 is 1.93 bits per heavy atom. The van der Waals surface area contributed by atoms with Crippen molar-refractivity contribution in [1.82, 2.24) is 5.16 Å². The molecule has 0 saturated heterocycles. The number of aromatic nitrogens is 1. The topological polar surface area (TPSA) is 26.0 Å². The van der Waals surface area contributed by atoms with Crippen molar-refractivity contribution < 1.29 is 4.52 Å². The van der Waals surface area contributed by atoms with Crippen LogP contribution in [0.25, 0.3) is 11.0 Å². The maximum atomic E-state index is 5.00. The van der Waals surface area contributed by atoms with Crippen LogP contribution in [0.15, 0.2) is 28.9 Å². The van der Waals surface area contributed by atoms with E-state index in [1.165, 1.54) is 5.56 Å². The molecule has 0 unspecified atom stereocenters. The summed E-state index contributed by atoms with van der Waals surface area (Å²) in [5.74, 6) is 0.560. The van der Waals surface area contributed by atoms with Crippen LogP contribution in [-0.4, -0.2) is 5.16 Å². The number of nitrogens with zero attached hydrogens (tertiary/aromatic N) is 1. The van der Waals surface area contributed by atoms with Gasteiger partial charge in [-0.1, -0.05) is 38.9 Å². The van der Waals surface area contributed by atoms with E-state index >= 15 is 0 Å². The highest BCUT2D eigenvalue weighted by Gasteiger charge is 2.02. The van der Waals surface area contributed by atoms with E-state index in [-0.39, 0.29) is 0 Å². The zero-order valence-corrected chi connectivity index (χ0v) is 9.24. The van der Waals surface area contributed by atoms with Gasteiger partial charge < -0.3 is 4.52 Å². The molecule has 1 aromatic carbocycles. The van der Waals surface area contributed by atoms with E-state index < -0.39 is 0 Å². The van der Waals surface area contributed by atoms with Crippen molar-refractivity contribution in [3.63, 3.8) is 0 Å². The molecule has 0 aliphatic carbocycles. The van der Waals surface area contributed by atoms with Crippen LogP contribution in [0, 0.1) is 0 Å². The number of hydrogen-bond acceptors (Lipinski definition) is 2. The maximum Gasteiger partial charge on any atom is 0.166 e. The Bertz CT molecular complexity index is 390. The van der Waals surface area contributed by atoms with Gasteiger partial charge in [-0.2, -0.15) is 0 Å². The fraction of sp³-hybridized carbons (Fsp3) is 0.417. The van der Waals surface area contributed by atoms with Crippen molar-refractivity contribution >= 4 is 11.0 Å². The van der Waals surface area contributed by atoms with Crippen LogP contribution in [0.1, 0.15) is 39.2 Å². The number of benzene rings is 1. The van der Waals surface area contributed by atoms with Crippen LogP contribution in [0.5, 0.6) is 0 Å². The summed E-state index contributed by atoms with van der Waals surface area (Å²) in [5, 5.41) is 4.81. The van der Waals surface area contributed by atoms with Crippen LogP contribution < -0.4 is 0 Å². The summed E-state index contributed by atoms with van der Waals surface area (Å²) in [6.07, 6.45) is 1.75. The zero-order valence-electron chi connectivity index (χ0n) is 9.24. The molecule has 14 heavy (non-hydrogen) atoms. The monoisotopic (exact) mass is 191 g/mol. The Balaban J connectivity index is 0.000000461. The third kappa shape index (κ3) is 2.13. The fourth-order valence-electron chi connectivity index (χ4n) is 1.25. The summed E-state index contributed by atoms with van der Waals surface area (Å²) >= 11 is 0. The summed E-state index contributed by atoms with van der Waals surface area (Å²) in [7, 11) is 0. The summed E-state index contributed by atoms with van der Waals surface area (Å²) in [4.78, 5) is 0. The van der Waals surface area contributed by atoms with Gasteiger partial charge in [0.05, 0.1) is 6.20 Å². The van der Waals surface area contributed by atoms with Crippen LogP contribution in [0.2, 0.25) is 0 Å². The number of hydrogen-bond donors (Lipinski definition) is 0. The molecule has 2 nitrogen and oxygen atoms in total. The van der Waals surface area contributed by atoms with Crippen molar-refractivity contribution in [3.8, 4) is 0 Å². The van der Waals surface area contributed by atoms with Crippen molar-refractivity contribution in [2.45, 2.75) is 33.6 Å². The largest absolute Gasteiger partial charge is 0.356 e. The van der Waals surface area contributed by atoms with E-state index in [0.29, 0.717) is 5.92 Å². The number of rotatable bonds is 1. The smallest absolute Gasteiger partial charge is 0.166 e. The van der Waals surface area contributed by atoms with Gasteiger partial charge in [-0.3, -0.25) is 0 Å². The lowest BCUT2D eigenvalue weighted by molar-refractivity contribution is 0.456. The minimum Gasteiger partial charge on any atom is -0.356 e. The first-order chi connectivity index (χ1) is 6.77. The van der Waals surface area contributed by atoms with Gasteiger partial charge in [0, 0.05) is 5.39 Å². The SMILES string of the molecule is CC.CC(C)c1ccc2oncc2c1. The minimum absolute atomic E-state index is 0.560. The van der Waals surface area contributed by atoms with Gasteiger partial charge in [0.25, 0.3) is 0 Å². The molecule has 1 aromatic heterocycles. The zero-order chi connectivity index (χ0) is 10.6. The van der Waals surface area contributed by atoms with Crippen LogP contribution in [0.3, 0.4) is 0 Å². The molecule has 0 bridgehead atoms. The van der Waals surface area contributed by atoms with E-state index in [2.05, 4.69) is 31.1 Å². The van der Waals surface area contributed by atoms with Crippen LogP contribution in [-0.2, 0) is 0 Å². The molecular weight excluding hydrogens is 174 g/mol. The molecule has 0 amide bonds. The molecule has 0 atom stereocenters. The first-order valence-electron chi connectivity index (χ1n) is 5.11. The van der Waals surface area contributed by atoms with E-state index in [0.717, 1.165) is 11.0 Å². The Kier molecular flexibility index (Phi) is 3.69. The third-order valence-electron chi connectivity index (χ3n) is 2.04. The lowest BCUT2D eigenvalue weighted by atomic mass is 10.0. The normalized spacial score (nSPS) is 10.1. The van der Waals surface area contributed by atoms with E-state index in [9.17, 15) is 0 Å². The Labute approximate surface area is 84.9 Å². The summed E-state index contributed by atoms with van der Waals surface area (Å²) in [6.45, 7) is 8.35. The Hall–Kier alpha value is -1.31. The molecule has 2 aromatic rings. The molecule has 2 rings (SSSR count). The number of fused-ring (bicyclic) bond motifs is 1. The summed E-state index contributed by atoms with van der Waals surface area (Å²) in [6, 6.07) is 6.17. The summed E-state index contributed by atoms with van der Waals surface area (Å²) < 4.78 is 5.00. The maximum absolute atomic E-state index is 5.00. The van der Waals surface area contributed by atoms with Crippen LogP contribution in [0.4, 0.5) is 0 Å².